The van der Waals surface area contributed by atoms with Crippen molar-refractivity contribution in [1.29, 1.82) is 0 Å². The number of ether oxygens (including phenoxy) is 2. The molecule has 40 heavy (non-hydrogen) atoms. The number of nitrogens with zero attached hydrogens (tertiary/aromatic N) is 2. The number of nitrogens with one attached hydrogen (secondary N) is 1. The maximum atomic E-state index is 14.0. The summed E-state index contributed by atoms with van der Waals surface area (Å²) in [4.78, 5) is 40.7. The Balaban J connectivity index is 1.54. The summed E-state index contributed by atoms with van der Waals surface area (Å²) in [6, 6.07) is 12.8. The van der Waals surface area contributed by atoms with Crippen molar-refractivity contribution in [3.8, 4) is 11.5 Å². The lowest BCUT2D eigenvalue weighted by Gasteiger charge is -2.30. The number of nitrogen functional groups attached to an aromatic ring is 1. The average Bonchev–Trinajstić information content (AvgIpc) is 3.67. The standard InChI is InChI=1S/C27H24FN5O6S/c1-14-2-8-19(39-14)23(26(35)31-11-15-3-6-17(28)7-4-15)33(12-16-5-9-18-20(10-16)38-13-37-18)27(36)24-21(29)22(25(30)34)32-40-24/h2-10,23H,11-13,29H2,1H3,(H2,30,34)(H,31,35)/t23-/m1/s1. The van der Waals surface area contributed by atoms with Gasteiger partial charge in [-0.25, -0.2) is 4.39 Å². The van der Waals surface area contributed by atoms with E-state index in [4.69, 9.17) is 25.4 Å². The molecule has 1 aliphatic rings. The molecule has 0 saturated heterocycles. The lowest BCUT2D eigenvalue weighted by atomic mass is 10.1. The molecule has 3 amide bonds. The quantitative estimate of drug-likeness (QED) is 0.278. The maximum Gasteiger partial charge on any atom is 0.270 e. The summed E-state index contributed by atoms with van der Waals surface area (Å²) in [5.41, 5.74) is 12.3. The van der Waals surface area contributed by atoms with E-state index >= 15 is 0 Å². The normalized spacial score (nSPS) is 12.7. The molecule has 2 aromatic carbocycles. The molecule has 4 aromatic rings. The highest BCUT2D eigenvalue weighted by Gasteiger charge is 2.37. The Bertz CT molecular complexity index is 1580. The highest BCUT2D eigenvalue weighted by molar-refractivity contribution is 7.09. The van der Waals surface area contributed by atoms with E-state index in [0.29, 0.717) is 39.9 Å². The molecule has 11 nitrogen and oxygen atoms in total. The van der Waals surface area contributed by atoms with Crippen molar-refractivity contribution in [1.82, 2.24) is 14.6 Å². The van der Waals surface area contributed by atoms with Gasteiger partial charge in [0, 0.05) is 13.1 Å². The zero-order valence-electron chi connectivity index (χ0n) is 21.2. The van der Waals surface area contributed by atoms with E-state index in [1.807, 2.05) is 0 Å². The van der Waals surface area contributed by atoms with Gasteiger partial charge in [0.1, 0.15) is 22.2 Å². The zero-order valence-corrected chi connectivity index (χ0v) is 22.0. The molecule has 5 N–H and O–H groups in total. The van der Waals surface area contributed by atoms with E-state index < -0.39 is 29.6 Å². The van der Waals surface area contributed by atoms with Crippen LogP contribution in [0.25, 0.3) is 0 Å². The number of furan rings is 1. The molecule has 1 atom stereocenters. The fourth-order valence-corrected chi connectivity index (χ4v) is 4.95. The third kappa shape index (κ3) is 5.45. The van der Waals surface area contributed by atoms with Crippen LogP contribution in [0, 0.1) is 12.7 Å². The van der Waals surface area contributed by atoms with Crippen LogP contribution in [0.2, 0.25) is 0 Å². The summed E-state index contributed by atoms with van der Waals surface area (Å²) >= 11 is 0.703. The third-order valence-corrected chi connectivity index (χ3v) is 7.03. The van der Waals surface area contributed by atoms with Gasteiger partial charge >= 0.3 is 0 Å². The minimum atomic E-state index is -1.26. The van der Waals surface area contributed by atoms with E-state index in [0.717, 1.165) is 0 Å². The first kappa shape index (κ1) is 26.7. The number of aromatic nitrogens is 1. The van der Waals surface area contributed by atoms with Gasteiger partial charge in [0.2, 0.25) is 6.79 Å². The zero-order chi connectivity index (χ0) is 28.4. The molecular weight excluding hydrogens is 541 g/mol. The molecule has 2 aromatic heterocycles. The molecule has 3 heterocycles. The van der Waals surface area contributed by atoms with Gasteiger partial charge in [-0.3, -0.25) is 14.4 Å². The van der Waals surface area contributed by atoms with Crippen molar-refractivity contribution >= 4 is 34.9 Å². The average molecular weight is 566 g/mol. The predicted molar refractivity (Wildman–Crippen MR) is 142 cm³/mol. The number of carbonyl (C=O) groups is 3. The van der Waals surface area contributed by atoms with Gasteiger partial charge in [-0.1, -0.05) is 18.2 Å². The summed E-state index contributed by atoms with van der Waals surface area (Å²) in [5.74, 6) is -0.764. The Labute approximate surface area is 231 Å². The molecule has 5 rings (SSSR count). The number of rotatable bonds is 9. The van der Waals surface area contributed by atoms with Crippen LogP contribution in [0.5, 0.6) is 11.5 Å². The first-order valence-corrected chi connectivity index (χ1v) is 12.8. The maximum absolute atomic E-state index is 14.0. The first-order valence-electron chi connectivity index (χ1n) is 12.0. The highest BCUT2D eigenvalue weighted by Crippen LogP contribution is 2.35. The van der Waals surface area contributed by atoms with E-state index in [2.05, 4.69) is 9.69 Å². The number of nitrogens with two attached hydrogens (primary N) is 2. The molecule has 0 fully saturated rings. The number of carbonyl (C=O) groups excluding carboxylic acids is 3. The largest absolute Gasteiger partial charge is 0.464 e. The number of primary amides is 1. The van der Waals surface area contributed by atoms with Crippen molar-refractivity contribution in [2.45, 2.75) is 26.1 Å². The SMILES string of the molecule is Cc1ccc([C@H](C(=O)NCc2ccc(F)cc2)N(Cc2ccc3c(c2)OCO3)C(=O)c2snc(C(N)=O)c2N)o1. The topological polar surface area (TPSA) is 163 Å². The number of hydrogen-bond donors (Lipinski definition) is 3. The van der Waals surface area contributed by atoms with Gasteiger partial charge in [0.25, 0.3) is 17.7 Å². The molecule has 0 spiro atoms. The van der Waals surface area contributed by atoms with E-state index in [1.54, 1.807) is 49.4 Å². The van der Waals surface area contributed by atoms with Gasteiger partial charge in [-0.05, 0) is 66.0 Å². The second-order valence-electron chi connectivity index (χ2n) is 8.95. The number of aryl methyl sites for hydroxylation is 1. The molecule has 0 saturated carbocycles. The second kappa shape index (κ2) is 11.1. The van der Waals surface area contributed by atoms with E-state index in [-0.39, 0.29) is 41.9 Å². The van der Waals surface area contributed by atoms with Crippen LogP contribution in [0.4, 0.5) is 10.1 Å². The summed E-state index contributed by atoms with van der Waals surface area (Å²) in [7, 11) is 0. The second-order valence-corrected chi connectivity index (χ2v) is 9.73. The van der Waals surface area contributed by atoms with Gasteiger partial charge in [0.05, 0.1) is 5.69 Å². The van der Waals surface area contributed by atoms with Crippen molar-refractivity contribution in [2.24, 2.45) is 5.73 Å². The van der Waals surface area contributed by atoms with Crippen molar-refractivity contribution in [3.05, 3.63) is 93.6 Å². The number of benzene rings is 2. The minimum Gasteiger partial charge on any atom is -0.464 e. The Morgan fingerprint density at radius 3 is 2.48 bits per heavy atom. The minimum absolute atomic E-state index is 0.0610. The fourth-order valence-electron chi connectivity index (χ4n) is 4.19. The molecule has 0 unspecified atom stereocenters. The van der Waals surface area contributed by atoms with Crippen LogP contribution in [-0.4, -0.2) is 33.8 Å². The third-order valence-electron chi connectivity index (χ3n) is 6.18. The van der Waals surface area contributed by atoms with Gasteiger partial charge in [-0.15, -0.1) is 0 Å². The summed E-state index contributed by atoms with van der Waals surface area (Å²) in [5, 5.41) is 2.80. The Hall–Kier alpha value is -4.91. The highest BCUT2D eigenvalue weighted by atomic mass is 32.1. The van der Waals surface area contributed by atoms with Crippen molar-refractivity contribution in [2.75, 3.05) is 12.5 Å². The van der Waals surface area contributed by atoms with Crippen LogP contribution in [0.3, 0.4) is 0 Å². The predicted octanol–water partition coefficient (Wildman–Crippen LogP) is 3.29. The first-order chi connectivity index (χ1) is 19.2. The van der Waals surface area contributed by atoms with E-state index in [9.17, 15) is 18.8 Å². The Morgan fingerprint density at radius 1 is 1.07 bits per heavy atom. The van der Waals surface area contributed by atoms with Crippen molar-refractivity contribution in [3.63, 3.8) is 0 Å². The Morgan fingerprint density at radius 2 is 1.80 bits per heavy atom. The molecule has 0 radical (unpaired) electrons. The molecular formula is C27H24FN5O6S. The molecule has 0 aliphatic carbocycles. The summed E-state index contributed by atoms with van der Waals surface area (Å²) in [6.07, 6.45) is 0. The lowest BCUT2D eigenvalue weighted by molar-refractivity contribution is -0.126. The molecule has 0 bridgehead atoms. The smallest absolute Gasteiger partial charge is 0.270 e. The van der Waals surface area contributed by atoms with E-state index in [1.165, 1.54) is 17.0 Å². The number of hydrogen-bond acceptors (Lipinski definition) is 9. The number of amides is 3. The van der Waals surface area contributed by atoms with Gasteiger partial charge in [0.15, 0.2) is 23.2 Å². The molecule has 13 heteroatoms. The lowest BCUT2D eigenvalue weighted by Crippen LogP contribution is -2.43. The van der Waals surface area contributed by atoms with Gasteiger partial charge in [-0.2, -0.15) is 4.37 Å². The van der Waals surface area contributed by atoms with Crippen LogP contribution >= 0.6 is 11.5 Å². The molecule has 206 valence electrons. The number of halogens is 1. The monoisotopic (exact) mass is 565 g/mol. The van der Waals surface area contributed by atoms with Crippen LogP contribution in [-0.2, 0) is 17.9 Å². The number of fused-ring (bicyclic) bond motifs is 1. The molecule has 1 aliphatic heterocycles. The van der Waals surface area contributed by atoms with Gasteiger partial charge < -0.3 is 35.6 Å². The van der Waals surface area contributed by atoms with Crippen LogP contribution in [0.1, 0.15) is 48.8 Å². The van der Waals surface area contributed by atoms with Crippen LogP contribution < -0.4 is 26.3 Å². The summed E-state index contributed by atoms with van der Waals surface area (Å²) < 4.78 is 34.0. The number of anilines is 1. The fraction of sp³-hybridized carbons (Fsp3) is 0.185. The Kier molecular flexibility index (Phi) is 7.38. The summed E-state index contributed by atoms with van der Waals surface area (Å²) in [6.45, 7) is 1.76. The van der Waals surface area contributed by atoms with Crippen LogP contribution in [0.15, 0.2) is 59.0 Å². The van der Waals surface area contributed by atoms with Crippen molar-refractivity contribution < 1.29 is 32.7 Å².